The van der Waals surface area contributed by atoms with Gasteiger partial charge < -0.3 is 9.84 Å². The average Bonchev–Trinajstić information content (AvgIpc) is 2.47. The zero-order valence-electron chi connectivity index (χ0n) is 13.1. The second-order valence-electron chi connectivity index (χ2n) is 5.60. The van der Waals surface area contributed by atoms with E-state index in [9.17, 15) is 5.11 Å². The number of ether oxygens (including phenoxy) is 1. The van der Waals surface area contributed by atoms with Crippen molar-refractivity contribution in [1.82, 2.24) is 0 Å². The van der Waals surface area contributed by atoms with E-state index in [1.165, 1.54) is 38.5 Å². The summed E-state index contributed by atoms with van der Waals surface area (Å²) in [5, 5.41) is 10.2. The fourth-order valence-corrected chi connectivity index (χ4v) is 2.52. The molecular weight excluding hydrogens is 248 g/mol. The third kappa shape index (κ3) is 7.06. The van der Waals surface area contributed by atoms with Crippen molar-refractivity contribution in [2.45, 2.75) is 71.0 Å². The first kappa shape index (κ1) is 17.2. The van der Waals surface area contributed by atoms with E-state index in [1.54, 1.807) is 7.11 Å². The summed E-state index contributed by atoms with van der Waals surface area (Å²) in [5.41, 5.74) is 2.15. The SMILES string of the molecule is CCCCCCCCCC(O)c1cccc(COC)c1. The van der Waals surface area contributed by atoms with Gasteiger partial charge in [0.05, 0.1) is 12.7 Å². The zero-order chi connectivity index (χ0) is 14.6. The lowest BCUT2D eigenvalue weighted by Gasteiger charge is -2.12. The highest BCUT2D eigenvalue weighted by Crippen LogP contribution is 2.21. The smallest absolute Gasteiger partial charge is 0.0790 e. The summed E-state index contributed by atoms with van der Waals surface area (Å²) in [4.78, 5) is 0. The van der Waals surface area contributed by atoms with E-state index in [2.05, 4.69) is 13.0 Å². The van der Waals surface area contributed by atoms with Crippen LogP contribution in [0.15, 0.2) is 24.3 Å². The number of aliphatic hydroxyl groups is 1. The van der Waals surface area contributed by atoms with E-state index in [1.807, 2.05) is 18.2 Å². The van der Waals surface area contributed by atoms with Gasteiger partial charge in [-0.3, -0.25) is 0 Å². The molecule has 2 heteroatoms. The Morgan fingerprint density at radius 1 is 1.05 bits per heavy atom. The number of methoxy groups -OCH3 is 1. The summed E-state index contributed by atoms with van der Waals surface area (Å²) in [6.45, 7) is 2.85. The Labute approximate surface area is 124 Å². The van der Waals surface area contributed by atoms with E-state index in [4.69, 9.17) is 4.74 Å². The Balaban J connectivity index is 2.21. The fourth-order valence-electron chi connectivity index (χ4n) is 2.52. The molecule has 2 nitrogen and oxygen atoms in total. The van der Waals surface area contributed by atoms with Crippen molar-refractivity contribution in [1.29, 1.82) is 0 Å². The van der Waals surface area contributed by atoms with Crippen LogP contribution in [0, 0.1) is 0 Å². The second kappa shape index (κ2) is 10.9. The molecule has 0 saturated carbocycles. The lowest BCUT2D eigenvalue weighted by atomic mass is 10.0. The minimum absolute atomic E-state index is 0.331. The zero-order valence-corrected chi connectivity index (χ0v) is 13.1. The van der Waals surface area contributed by atoms with Gasteiger partial charge in [0, 0.05) is 7.11 Å². The van der Waals surface area contributed by atoms with Gasteiger partial charge in [-0.15, -0.1) is 0 Å². The van der Waals surface area contributed by atoms with E-state index < -0.39 is 0 Å². The first-order valence-electron chi connectivity index (χ1n) is 8.03. The predicted molar refractivity (Wildman–Crippen MR) is 84.7 cm³/mol. The highest BCUT2D eigenvalue weighted by atomic mass is 16.5. The normalized spacial score (nSPS) is 12.6. The number of unbranched alkanes of at least 4 members (excludes halogenated alkanes) is 6. The van der Waals surface area contributed by atoms with E-state index in [0.717, 1.165) is 24.0 Å². The molecule has 0 amide bonds. The van der Waals surface area contributed by atoms with Crippen molar-refractivity contribution < 1.29 is 9.84 Å². The van der Waals surface area contributed by atoms with Gasteiger partial charge in [0.1, 0.15) is 0 Å². The first-order chi connectivity index (χ1) is 9.77. The summed E-state index contributed by atoms with van der Waals surface area (Å²) in [6.07, 6.45) is 9.54. The van der Waals surface area contributed by atoms with E-state index in [-0.39, 0.29) is 6.10 Å². The second-order valence-corrected chi connectivity index (χ2v) is 5.60. The Hall–Kier alpha value is -0.860. The molecule has 114 valence electrons. The minimum atomic E-state index is -0.331. The molecule has 1 rings (SSSR count). The Bertz CT molecular complexity index is 349. The topological polar surface area (TPSA) is 29.5 Å². The molecule has 0 aromatic heterocycles. The van der Waals surface area contributed by atoms with Crippen molar-refractivity contribution in [3.05, 3.63) is 35.4 Å². The van der Waals surface area contributed by atoms with Gasteiger partial charge in [-0.1, -0.05) is 76.1 Å². The third-order valence-corrected chi connectivity index (χ3v) is 3.73. The quantitative estimate of drug-likeness (QED) is 0.577. The maximum absolute atomic E-state index is 10.2. The highest BCUT2D eigenvalue weighted by Gasteiger charge is 2.07. The molecule has 20 heavy (non-hydrogen) atoms. The van der Waals surface area contributed by atoms with Crippen molar-refractivity contribution in [3.63, 3.8) is 0 Å². The van der Waals surface area contributed by atoms with Crippen molar-refractivity contribution >= 4 is 0 Å². The van der Waals surface area contributed by atoms with Crippen LogP contribution in [0.25, 0.3) is 0 Å². The van der Waals surface area contributed by atoms with Gasteiger partial charge >= 0.3 is 0 Å². The highest BCUT2D eigenvalue weighted by molar-refractivity contribution is 5.24. The van der Waals surface area contributed by atoms with Crippen LogP contribution >= 0.6 is 0 Å². The van der Waals surface area contributed by atoms with Crippen LogP contribution in [0.4, 0.5) is 0 Å². The molecule has 0 aliphatic carbocycles. The summed E-state index contributed by atoms with van der Waals surface area (Å²) < 4.78 is 5.13. The van der Waals surface area contributed by atoms with Crippen LogP contribution < -0.4 is 0 Å². The van der Waals surface area contributed by atoms with Gasteiger partial charge in [-0.2, -0.15) is 0 Å². The van der Waals surface area contributed by atoms with Crippen LogP contribution in [-0.4, -0.2) is 12.2 Å². The van der Waals surface area contributed by atoms with Gasteiger partial charge in [0.15, 0.2) is 0 Å². The molecule has 0 saturated heterocycles. The standard InChI is InChI=1S/C18H30O2/c1-3-4-5-6-7-8-9-13-18(19)17-12-10-11-16(14-17)15-20-2/h10-12,14,18-19H,3-9,13,15H2,1-2H3. The molecule has 0 fully saturated rings. The number of aliphatic hydroxyl groups excluding tert-OH is 1. The van der Waals surface area contributed by atoms with Gasteiger partial charge in [0.25, 0.3) is 0 Å². The minimum Gasteiger partial charge on any atom is -0.388 e. The molecule has 0 aliphatic rings. The maximum Gasteiger partial charge on any atom is 0.0790 e. The lowest BCUT2D eigenvalue weighted by Crippen LogP contribution is -1.99. The number of hydrogen-bond acceptors (Lipinski definition) is 2. The van der Waals surface area contributed by atoms with Gasteiger partial charge in [-0.25, -0.2) is 0 Å². The van der Waals surface area contributed by atoms with E-state index in [0.29, 0.717) is 6.61 Å². The Morgan fingerprint density at radius 3 is 2.45 bits per heavy atom. The summed E-state index contributed by atoms with van der Waals surface area (Å²) >= 11 is 0. The molecule has 0 radical (unpaired) electrons. The fraction of sp³-hybridized carbons (Fsp3) is 0.667. The largest absolute Gasteiger partial charge is 0.388 e. The molecule has 1 atom stereocenters. The summed E-state index contributed by atoms with van der Waals surface area (Å²) in [6, 6.07) is 8.09. The molecule has 0 spiro atoms. The summed E-state index contributed by atoms with van der Waals surface area (Å²) in [5.74, 6) is 0. The molecule has 0 aliphatic heterocycles. The van der Waals surface area contributed by atoms with Crippen LogP contribution in [0.2, 0.25) is 0 Å². The molecule has 1 aromatic carbocycles. The Morgan fingerprint density at radius 2 is 1.75 bits per heavy atom. The summed E-state index contributed by atoms with van der Waals surface area (Å²) in [7, 11) is 1.70. The molecular formula is C18H30O2. The first-order valence-corrected chi connectivity index (χ1v) is 8.03. The Kier molecular flexibility index (Phi) is 9.35. The predicted octanol–water partition coefficient (Wildman–Crippen LogP) is 5.01. The van der Waals surface area contributed by atoms with Crippen molar-refractivity contribution in [3.8, 4) is 0 Å². The third-order valence-electron chi connectivity index (χ3n) is 3.73. The van der Waals surface area contributed by atoms with Gasteiger partial charge in [0.2, 0.25) is 0 Å². The van der Waals surface area contributed by atoms with Crippen LogP contribution in [-0.2, 0) is 11.3 Å². The van der Waals surface area contributed by atoms with Gasteiger partial charge in [-0.05, 0) is 17.5 Å². The van der Waals surface area contributed by atoms with Crippen LogP contribution in [0.5, 0.6) is 0 Å². The number of rotatable bonds is 11. The monoisotopic (exact) mass is 278 g/mol. The maximum atomic E-state index is 10.2. The number of benzene rings is 1. The lowest BCUT2D eigenvalue weighted by molar-refractivity contribution is 0.162. The molecule has 0 bridgehead atoms. The van der Waals surface area contributed by atoms with Crippen molar-refractivity contribution in [2.24, 2.45) is 0 Å². The van der Waals surface area contributed by atoms with Crippen molar-refractivity contribution in [2.75, 3.05) is 7.11 Å². The molecule has 1 unspecified atom stereocenters. The molecule has 0 heterocycles. The van der Waals surface area contributed by atoms with Crippen LogP contribution in [0.3, 0.4) is 0 Å². The number of hydrogen-bond donors (Lipinski definition) is 1. The average molecular weight is 278 g/mol. The molecule has 1 aromatic rings. The van der Waals surface area contributed by atoms with Crippen LogP contribution in [0.1, 0.15) is 75.5 Å². The molecule has 1 N–H and O–H groups in total. The van der Waals surface area contributed by atoms with E-state index >= 15 is 0 Å².